The molecule has 1 N–H and O–H groups in total. The van der Waals surface area contributed by atoms with Gasteiger partial charge < -0.3 is 4.57 Å². The molecule has 4 rings (SSSR count). The van der Waals surface area contributed by atoms with Gasteiger partial charge in [-0.1, -0.05) is 17.7 Å². The van der Waals surface area contributed by atoms with Crippen LogP contribution in [0.3, 0.4) is 0 Å². The number of aromatic nitrogens is 1. The number of hydrazone groups is 1. The third kappa shape index (κ3) is 3.85. The monoisotopic (exact) mass is 418 g/mol. The SMILES string of the molecule is Cc1ccc(-n2cccc2C=NNC(=O)c2cc3cc([N+](=O)[O-])ccc3s2)c(C)c1. The standard InChI is InChI=1S/C22H18N4O3S/c1-14-5-7-19(15(2)10-14)25-9-3-4-18(25)13-23-24-22(27)21-12-16-11-17(26(28)29)6-8-20(16)30-21/h3-13H,1-2H3,(H,24,27). The van der Waals surface area contributed by atoms with Crippen LogP contribution in [0.1, 0.15) is 26.5 Å². The van der Waals surface area contributed by atoms with Gasteiger partial charge in [0.2, 0.25) is 0 Å². The Morgan fingerprint density at radius 1 is 1.17 bits per heavy atom. The number of non-ortho nitro benzene ring substituents is 1. The second kappa shape index (κ2) is 7.92. The number of amides is 1. The summed E-state index contributed by atoms with van der Waals surface area (Å²) >= 11 is 1.26. The molecule has 2 aromatic carbocycles. The first-order chi connectivity index (χ1) is 14.4. The fourth-order valence-electron chi connectivity index (χ4n) is 3.26. The van der Waals surface area contributed by atoms with Crippen LogP contribution in [-0.2, 0) is 0 Å². The van der Waals surface area contributed by atoms with E-state index in [9.17, 15) is 14.9 Å². The van der Waals surface area contributed by atoms with Crippen molar-refractivity contribution in [3.63, 3.8) is 0 Å². The number of nitrogens with one attached hydrogen (secondary N) is 1. The van der Waals surface area contributed by atoms with Crippen molar-refractivity contribution in [1.29, 1.82) is 0 Å². The Hall–Kier alpha value is -3.78. The molecule has 0 aliphatic carbocycles. The lowest BCUT2D eigenvalue weighted by molar-refractivity contribution is -0.384. The summed E-state index contributed by atoms with van der Waals surface area (Å²) in [6.45, 7) is 4.10. The van der Waals surface area contributed by atoms with Gasteiger partial charge in [0.1, 0.15) is 0 Å². The predicted octanol–water partition coefficient (Wildman–Crippen LogP) is 4.98. The number of hydrogen-bond acceptors (Lipinski definition) is 5. The van der Waals surface area contributed by atoms with E-state index in [1.165, 1.54) is 29.0 Å². The summed E-state index contributed by atoms with van der Waals surface area (Å²) in [6, 6.07) is 16.2. The number of thiophene rings is 1. The van der Waals surface area contributed by atoms with Crippen LogP contribution in [-0.4, -0.2) is 21.6 Å². The molecule has 2 heterocycles. The number of rotatable bonds is 5. The Morgan fingerprint density at radius 2 is 2.00 bits per heavy atom. The molecule has 0 bridgehead atoms. The summed E-state index contributed by atoms with van der Waals surface area (Å²) < 4.78 is 2.81. The number of benzene rings is 2. The number of nitro groups is 1. The van der Waals surface area contributed by atoms with Crippen LogP contribution in [0.5, 0.6) is 0 Å². The molecule has 150 valence electrons. The van der Waals surface area contributed by atoms with E-state index in [1.54, 1.807) is 18.3 Å². The van der Waals surface area contributed by atoms with E-state index >= 15 is 0 Å². The number of aryl methyl sites for hydroxylation is 2. The highest BCUT2D eigenvalue weighted by Crippen LogP contribution is 2.28. The zero-order valence-electron chi connectivity index (χ0n) is 16.3. The molecule has 7 nitrogen and oxygen atoms in total. The van der Waals surface area contributed by atoms with Crippen LogP contribution in [0.15, 0.2) is 65.9 Å². The Bertz CT molecular complexity index is 1300. The third-order valence-electron chi connectivity index (χ3n) is 4.69. The zero-order valence-corrected chi connectivity index (χ0v) is 17.1. The Morgan fingerprint density at radius 3 is 2.77 bits per heavy atom. The molecule has 0 atom stereocenters. The van der Waals surface area contributed by atoms with E-state index in [-0.39, 0.29) is 11.6 Å². The topological polar surface area (TPSA) is 89.5 Å². The maximum atomic E-state index is 12.5. The van der Waals surface area contributed by atoms with Gasteiger partial charge >= 0.3 is 0 Å². The summed E-state index contributed by atoms with van der Waals surface area (Å²) in [5.41, 5.74) is 6.74. The minimum atomic E-state index is -0.452. The number of nitro benzene ring substituents is 1. The molecular formula is C22H18N4O3S. The summed E-state index contributed by atoms with van der Waals surface area (Å²) in [7, 11) is 0. The molecule has 1 amide bonds. The van der Waals surface area contributed by atoms with E-state index in [2.05, 4.69) is 42.6 Å². The minimum absolute atomic E-state index is 0.00237. The van der Waals surface area contributed by atoms with Gasteiger partial charge in [-0.25, -0.2) is 5.43 Å². The van der Waals surface area contributed by atoms with Gasteiger partial charge in [0.25, 0.3) is 11.6 Å². The second-order valence-corrected chi connectivity index (χ2v) is 7.97. The molecule has 0 unspecified atom stereocenters. The summed E-state index contributed by atoms with van der Waals surface area (Å²) in [5.74, 6) is -0.361. The molecule has 2 aromatic heterocycles. The van der Waals surface area contributed by atoms with Crippen molar-refractivity contribution >= 4 is 39.2 Å². The lowest BCUT2D eigenvalue weighted by atomic mass is 10.1. The molecule has 0 aliphatic rings. The summed E-state index contributed by atoms with van der Waals surface area (Å²) in [5, 5.41) is 15.7. The van der Waals surface area contributed by atoms with Gasteiger partial charge in [-0.2, -0.15) is 5.10 Å². The lowest BCUT2D eigenvalue weighted by Crippen LogP contribution is -2.16. The molecule has 4 aromatic rings. The van der Waals surface area contributed by atoms with Gasteiger partial charge in [0.05, 0.1) is 21.7 Å². The van der Waals surface area contributed by atoms with Crippen molar-refractivity contribution in [1.82, 2.24) is 9.99 Å². The highest BCUT2D eigenvalue weighted by molar-refractivity contribution is 7.20. The average Bonchev–Trinajstić information content (AvgIpc) is 3.34. The van der Waals surface area contributed by atoms with Crippen LogP contribution >= 0.6 is 11.3 Å². The highest BCUT2D eigenvalue weighted by atomic mass is 32.1. The molecular weight excluding hydrogens is 400 g/mol. The smallest absolute Gasteiger partial charge is 0.281 e. The Balaban J connectivity index is 1.51. The Labute approximate surface area is 176 Å². The quantitative estimate of drug-likeness (QED) is 0.281. The highest BCUT2D eigenvalue weighted by Gasteiger charge is 2.13. The molecule has 0 saturated carbocycles. The molecule has 0 aliphatic heterocycles. The van der Waals surface area contributed by atoms with Crippen LogP contribution in [0.2, 0.25) is 0 Å². The van der Waals surface area contributed by atoms with E-state index in [4.69, 9.17) is 0 Å². The van der Waals surface area contributed by atoms with Crippen molar-refractivity contribution in [2.45, 2.75) is 13.8 Å². The van der Waals surface area contributed by atoms with E-state index in [1.807, 2.05) is 22.9 Å². The van der Waals surface area contributed by atoms with Gasteiger partial charge in [-0.3, -0.25) is 14.9 Å². The van der Waals surface area contributed by atoms with Crippen LogP contribution < -0.4 is 5.43 Å². The predicted molar refractivity (Wildman–Crippen MR) is 119 cm³/mol. The van der Waals surface area contributed by atoms with E-state index in [0.29, 0.717) is 10.3 Å². The molecule has 0 spiro atoms. The van der Waals surface area contributed by atoms with Crippen molar-refractivity contribution in [2.75, 3.05) is 0 Å². The number of fused-ring (bicyclic) bond motifs is 1. The van der Waals surface area contributed by atoms with Crippen molar-refractivity contribution in [3.05, 3.63) is 92.6 Å². The number of nitrogens with zero attached hydrogens (tertiary/aromatic N) is 3. The maximum absolute atomic E-state index is 12.5. The van der Waals surface area contributed by atoms with Gasteiger partial charge in [0, 0.05) is 34.1 Å². The summed E-state index contributed by atoms with van der Waals surface area (Å²) in [4.78, 5) is 23.4. The molecule has 0 saturated heterocycles. The number of hydrogen-bond donors (Lipinski definition) is 1. The average molecular weight is 418 g/mol. The fourth-order valence-corrected chi connectivity index (χ4v) is 4.20. The van der Waals surface area contributed by atoms with E-state index < -0.39 is 4.92 Å². The van der Waals surface area contributed by atoms with Gasteiger partial charge in [-0.05, 0) is 49.7 Å². The van der Waals surface area contributed by atoms with Crippen LogP contribution in [0.4, 0.5) is 5.69 Å². The lowest BCUT2D eigenvalue weighted by Gasteiger charge is -2.10. The largest absolute Gasteiger partial charge is 0.315 e. The van der Waals surface area contributed by atoms with Crippen LogP contribution in [0, 0.1) is 24.0 Å². The zero-order chi connectivity index (χ0) is 21.3. The van der Waals surface area contributed by atoms with Crippen molar-refractivity contribution in [3.8, 4) is 5.69 Å². The Kier molecular flexibility index (Phi) is 5.16. The van der Waals surface area contributed by atoms with Crippen molar-refractivity contribution in [2.24, 2.45) is 5.10 Å². The first kappa shape index (κ1) is 19.5. The molecule has 0 radical (unpaired) electrons. The first-order valence-corrected chi connectivity index (χ1v) is 10.0. The number of carbonyl (C=O) groups excluding carboxylic acids is 1. The molecule has 0 fully saturated rings. The van der Waals surface area contributed by atoms with Gasteiger partial charge in [-0.15, -0.1) is 11.3 Å². The third-order valence-corrected chi connectivity index (χ3v) is 5.80. The fraction of sp³-hybridized carbons (Fsp3) is 0.0909. The first-order valence-electron chi connectivity index (χ1n) is 9.19. The van der Waals surface area contributed by atoms with Crippen LogP contribution in [0.25, 0.3) is 15.8 Å². The molecule has 8 heteroatoms. The van der Waals surface area contributed by atoms with E-state index in [0.717, 1.165) is 21.6 Å². The molecule has 30 heavy (non-hydrogen) atoms. The number of carbonyl (C=O) groups is 1. The maximum Gasteiger partial charge on any atom is 0.281 e. The second-order valence-electron chi connectivity index (χ2n) is 6.88. The van der Waals surface area contributed by atoms with Crippen molar-refractivity contribution < 1.29 is 9.72 Å². The van der Waals surface area contributed by atoms with Gasteiger partial charge in [0.15, 0.2) is 0 Å². The normalized spacial score (nSPS) is 11.3. The summed E-state index contributed by atoms with van der Waals surface area (Å²) in [6.07, 6.45) is 3.54. The minimum Gasteiger partial charge on any atom is -0.315 e.